The van der Waals surface area contributed by atoms with Crippen molar-refractivity contribution in [1.29, 1.82) is 0 Å². The van der Waals surface area contributed by atoms with Crippen molar-refractivity contribution in [2.24, 2.45) is 5.92 Å². The van der Waals surface area contributed by atoms with Crippen LogP contribution in [0.25, 0.3) is 0 Å². The van der Waals surface area contributed by atoms with Crippen LogP contribution in [0.5, 0.6) is 0 Å². The highest BCUT2D eigenvalue weighted by Crippen LogP contribution is 2.23. The highest BCUT2D eigenvalue weighted by molar-refractivity contribution is 7.91. The molecule has 1 aliphatic heterocycles. The van der Waals surface area contributed by atoms with Gasteiger partial charge in [0.1, 0.15) is 6.29 Å². The summed E-state index contributed by atoms with van der Waals surface area (Å²) in [5, 5.41) is 0. The molecule has 1 aromatic carbocycles. The van der Waals surface area contributed by atoms with E-state index in [2.05, 4.69) is 0 Å². The van der Waals surface area contributed by atoms with Crippen molar-refractivity contribution in [1.82, 2.24) is 0 Å². The molecule has 1 unspecified atom stereocenters. The lowest BCUT2D eigenvalue weighted by Crippen LogP contribution is -2.26. The molecule has 92 valence electrons. The normalized spacial score (nSPS) is 23.2. The van der Waals surface area contributed by atoms with Crippen LogP contribution in [0, 0.1) is 5.92 Å². The maximum absolute atomic E-state index is 11.5. The summed E-state index contributed by atoms with van der Waals surface area (Å²) in [5.41, 5.74) is 1.64. The molecule has 2 rings (SSSR count). The number of carbonyl (C=O) groups is 1. The van der Waals surface area contributed by atoms with E-state index >= 15 is 0 Å². The second-order valence-corrected chi connectivity index (χ2v) is 6.87. The van der Waals surface area contributed by atoms with E-state index < -0.39 is 9.84 Å². The van der Waals surface area contributed by atoms with Crippen LogP contribution in [0.15, 0.2) is 24.3 Å². The van der Waals surface area contributed by atoms with Gasteiger partial charge in [-0.05, 0) is 30.7 Å². The number of sulfone groups is 1. The fourth-order valence-electron chi connectivity index (χ4n) is 2.42. The van der Waals surface area contributed by atoms with Gasteiger partial charge in [-0.25, -0.2) is 8.42 Å². The van der Waals surface area contributed by atoms with Gasteiger partial charge in [-0.1, -0.05) is 24.3 Å². The van der Waals surface area contributed by atoms with Crippen LogP contribution in [-0.2, 0) is 16.3 Å². The molecule has 0 aromatic heterocycles. The van der Waals surface area contributed by atoms with Gasteiger partial charge in [0, 0.05) is 5.56 Å². The van der Waals surface area contributed by atoms with Crippen LogP contribution in [0.2, 0.25) is 0 Å². The summed E-state index contributed by atoms with van der Waals surface area (Å²) < 4.78 is 23.1. The number of aldehydes is 1. The van der Waals surface area contributed by atoms with Crippen LogP contribution < -0.4 is 0 Å². The Morgan fingerprint density at radius 3 is 2.76 bits per heavy atom. The Morgan fingerprint density at radius 2 is 2.06 bits per heavy atom. The van der Waals surface area contributed by atoms with Crippen LogP contribution in [0.3, 0.4) is 0 Å². The molecule has 0 radical (unpaired) electrons. The van der Waals surface area contributed by atoms with Crippen molar-refractivity contribution in [2.45, 2.75) is 19.3 Å². The first-order chi connectivity index (χ1) is 8.11. The number of carbonyl (C=O) groups excluding carboxylic acids is 1. The van der Waals surface area contributed by atoms with Crippen molar-refractivity contribution in [2.75, 3.05) is 11.5 Å². The van der Waals surface area contributed by atoms with Gasteiger partial charge in [0.05, 0.1) is 11.5 Å². The van der Waals surface area contributed by atoms with Gasteiger partial charge in [-0.3, -0.25) is 4.79 Å². The van der Waals surface area contributed by atoms with Gasteiger partial charge in [-0.2, -0.15) is 0 Å². The van der Waals surface area contributed by atoms with Crippen molar-refractivity contribution in [3.8, 4) is 0 Å². The van der Waals surface area contributed by atoms with Crippen LogP contribution in [0.4, 0.5) is 0 Å². The van der Waals surface area contributed by atoms with Gasteiger partial charge in [0.2, 0.25) is 0 Å². The molecule has 4 heteroatoms. The van der Waals surface area contributed by atoms with Gasteiger partial charge in [0.25, 0.3) is 0 Å². The summed E-state index contributed by atoms with van der Waals surface area (Å²) in [6.45, 7) is 0. The summed E-state index contributed by atoms with van der Waals surface area (Å²) in [7, 11) is -2.86. The number of hydrogen-bond donors (Lipinski definition) is 0. The summed E-state index contributed by atoms with van der Waals surface area (Å²) in [6.07, 6.45) is 3.21. The summed E-state index contributed by atoms with van der Waals surface area (Å²) in [4.78, 5) is 10.9. The molecule has 0 amide bonds. The highest BCUT2D eigenvalue weighted by atomic mass is 32.2. The zero-order chi connectivity index (χ0) is 12.3. The van der Waals surface area contributed by atoms with E-state index in [0.717, 1.165) is 24.7 Å². The molecule has 0 spiro atoms. The Kier molecular flexibility index (Phi) is 3.62. The second kappa shape index (κ2) is 5.00. The molecule has 0 aliphatic carbocycles. The van der Waals surface area contributed by atoms with E-state index in [9.17, 15) is 13.2 Å². The van der Waals surface area contributed by atoms with Crippen molar-refractivity contribution < 1.29 is 13.2 Å². The standard InChI is InChI=1S/C13H16O3S/c14-9-13-6-2-1-5-12(13)8-11-4-3-7-17(15,16)10-11/h1-2,5-6,9,11H,3-4,7-8,10H2. The van der Waals surface area contributed by atoms with Crippen molar-refractivity contribution >= 4 is 16.1 Å². The van der Waals surface area contributed by atoms with E-state index in [-0.39, 0.29) is 11.7 Å². The van der Waals surface area contributed by atoms with Crippen LogP contribution >= 0.6 is 0 Å². The number of benzene rings is 1. The SMILES string of the molecule is O=Cc1ccccc1CC1CCCS(=O)(=O)C1. The minimum absolute atomic E-state index is 0.162. The predicted octanol–water partition coefficient (Wildman–Crippen LogP) is 1.87. The van der Waals surface area contributed by atoms with Crippen LogP contribution in [-0.4, -0.2) is 26.2 Å². The lowest BCUT2D eigenvalue weighted by atomic mass is 9.94. The fourth-order valence-corrected chi connectivity index (χ4v) is 4.20. The first-order valence-corrected chi connectivity index (χ1v) is 7.66. The summed E-state index contributed by atoms with van der Waals surface area (Å²) in [6, 6.07) is 7.40. The highest BCUT2D eigenvalue weighted by Gasteiger charge is 2.25. The third kappa shape index (κ3) is 3.16. The Labute approximate surface area is 102 Å². The number of rotatable bonds is 3. The molecule has 0 bridgehead atoms. The molecule has 1 atom stereocenters. The average Bonchev–Trinajstić information content (AvgIpc) is 2.28. The smallest absolute Gasteiger partial charge is 0.150 e. The molecule has 0 N–H and O–H groups in total. The maximum atomic E-state index is 11.5. The fraction of sp³-hybridized carbons (Fsp3) is 0.462. The van der Waals surface area contributed by atoms with Gasteiger partial charge in [0.15, 0.2) is 9.84 Å². The average molecular weight is 252 g/mol. The summed E-state index contributed by atoms with van der Waals surface area (Å²) >= 11 is 0. The minimum atomic E-state index is -2.86. The molecule has 1 fully saturated rings. The molecular formula is C13H16O3S. The zero-order valence-electron chi connectivity index (χ0n) is 9.63. The monoisotopic (exact) mass is 252 g/mol. The lowest BCUT2D eigenvalue weighted by molar-refractivity contribution is 0.112. The van der Waals surface area contributed by atoms with E-state index in [1.54, 1.807) is 6.07 Å². The van der Waals surface area contributed by atoms with Gasteiger partial charge < -0.3 is 0 Å². The van der Waals surface area contributed by atoms with E-state index in [0.29, 0.717) is 17.7 Å². The van der Waals surface area contributed by atoms with Crippen molar-refractivity contribution in [3.63, 3.8) is 0 Å². The molecule has 3 nitrogen and oxygen atoms in total. The second-order valence-electron chi connectivity index (χ2n) is 4.64. The summed E-state index contributed by atoms with van der Waals surface area (Å²) in [5.74, 6) is 0.744. The molecule has 0 saturated carbocycles. The molecular weight excluding hydrogens is 236 g/mol. The predicted molar refractivity (Wildman–Crippen MR) is 66.9 cm³/mol. The third-order valence-electron chi connectivity index (χ3n) is 3.25. The Morgan fingerprint density at radius 1 is 1.29 bits per heavy atom. The zero-order valence-corrected chi connectivity index (χ0v) is 10.4. The topological polar surface area (TPSA) is 51.2 Å². The number of hydrogen-bond acceptors (Lipinski definition) is 3. The minimum Gasteiger partial charge on any atom is -0.298 e. The van der Waals surface area contributed by atoms with E-state index in [1.165, 1.54) is 0 Å². The quantitative estimate of drug-likeness (QED) is 0.772. The van der Waals surface area contributed by atoms with E-state index in [1.807, 2.05) is 18.2 Å². The first kappa shape index (κ1) is 12.3. The lowest BCUT2D eigenvalue weighted by Gasteiger charge is -2.22. The third-order valence-corrected chi connectivity index (χ3v) is 5.14. The maximum Gasteiger partial charge on any atom is 0.150 e. The molecule has 1 aromatic rings. The Balaban J connectivity index is 2.13. The first-order valence-electron chi connectivity index (χ1n) is 5.84. The largest absolute Gasteiger partial charge is 0.298 e. The Bertz CT molecular complexity index is 505. The molecule has 1 saturated heterocycles. The Hall–Kier alpha value is -1.16. The van der Waals surface area contributed by atoms with Crippen molar-refractivity contribution in [3.05, 3.63) is 35.4 Å². The molecule has 17 heavy (non-hydrogen) atoms. The van der Waals surface area contributed by atoms with Crippen LogP contribution in [0.1, 0.15) is 28.8 Å². The molecule has 1 aliphatic rings. The van der Waals surface area contributed by atoms with Gasteiger partial charge >= 0.3 is 0 Å². The van der Waals surface area contributed by atoms with E-state index in [4.69, 9.17) is 0 Å². The molecule has 1 heterocycles. The van der Waals surface area contributed by atoms with Gasteiger partial charge in [-0.15, -0.1) is 0 Å².